The number of hydrogen-bond donors (Lipinski definition) is 1. The fourth-order valence-corrected chi connectivity index (χ4v) is 2.61. The topological polar surface area (TPSA) is 57.6 Å². The van der Waals surface area contributed by atoms with Gasteiger partial charge >= 0.3 is 5.97 Å². The predicted molar refractivity (Wildman–Crippen MR) is 89.6 cm³/mol. The summed E-state index contributed by atoms with van der Waals surface area (Å²) in [6.45, 7) is 3.94. The Labute approximate surface area is 136 Å². The quantitative estimate of drug-likeness (QED) is 0.892. The molecular weight excluding hydrogens is 290 g/mol. The van der Waals surface area contributed by atoms with Crippen molar-refractivity contribution in [2.24, 2.45) is 0 Å². The molecule has 1 amide bonds. The largest absolute Gasteiger partial charge is 0.480 e. The van der Waals surface area contributed by atoms with Crippen molar-refractivity contribution in [1.82, 2.24) is 4.90 Å². The molecule has 2 aromatic rings. The summed E-state index contributed by atoms with van der Waals surface area (Å²) in [5.41, 5.74) is 3.60. The first-order valence-electron chi connectivity index (χ1n) is 7.59. The highest BCUT2D eigenvalue weighted by Gasteiger charge is 2.19. The van der Waals surface area contributed by atoms with Crippen LogP contribution in [0.1, 0.15) is 27.0 Å². The SMILES string of the molecule is Cc1cc(C)cc(C(=O)N(CCc2ccccc2)CC(=O)O)c1. The van der Waals surface area contributed by atoms with Crippen molar-refractivity contribution < 1.29 is 14.7 Å². The second-order valence-electron chi connectivity index (χ2n) is 5.73. The van der Waals surface area contributed by atoms with E-state index in [2.05, 4.69) is 0 Å². The summed E-state index contributed by atoms with van der Waals surface area (Å²) in [6, 6.07) is 15.3. The van der Waals surface area contributed by atoms with Crippen molar-refractivity contribution in [3.05, 3.63) is 70.8 Å². The molecule has 0 heterocycles. The highest BCUT2D eigenvalue weighted by molar-refractivity contribution is 5.96. The molecule has 0 bridgehead atoms. The molecule has 23 heavy (non-hydrogen) atoms. The summed E-state index contributed by atoms with van der Waals surface area (Å²) in [7, 11) is 0. The van der Waals surface area contributed by atoms with Crippen LogP contribution >= 0.6 is 0 Å². The lowest BCUT2D eigenvalue weighted by molar-refractivity contribution is -0.137. The van der Waals surface area contributed by atoms with Crippen LogP contribution in [0.5, 0.6) is 0 Å². The van der Waals surface area contributed by atoms with Gasteiger partial charge in [0.25, 0.3) is 5.91 Å². The fourth-order valence-electron chi connectivity index (χ4n) is 2.61. The number of carboxylic acids is 1. The smallest absolute Gasteiger partial charge is 0.323 e. The zero-order valence-corrected chi connectivity index (χ0v) is 13.5. The van der Waals surface area contributed by atoms with E-state index in [1.807, 2.05) is 50.2 Å². The summed E-state index contributed by atoms with van der Waals surface area (Å²) in [4.78, 5) is 25.2. The number of carbonyl (C=O) groups excluding carboxylic acids is 1. The van der Waals surface area contributed by atoms with E-state index in [9.17, 15) is 9.59 Å². The molecular formula is C19H21NO3. The molecule has 2 rings (SSSR count). The third kappa shape index (κ3) is 4.95. The molecule has 0 aliphatic rings. The molecule has 120 valence electrons. The van der Waals surface area contributed by atoms with E-state index in [4.69, 9.17) is 5.11 Å². The van der Waals surface area contributed by atoms with Gasteiger partial charge in [0.2, 0.25) is 0 Å². The number of nitrogens with zero attached hydrogens (tertiary/aromatic N) is 1. The normalized spacial score (nSPS) is 10.3. The third-order valence-corrected chi connectivity index (χ3v) is 3.60. The van der Waals surface area contributed by atoms with E-state index in [-0.39, 0.29) is 12.5 Å². The van der Waals surface area contributed by atoms with E-state index in [1.165, 1.54) is 4.90 Å². The van der Waals surface area contributed by atoms with E-state index in [1.54, 1.807) is 12.1 Å². The van der Waals surface area contributed by atoms with E-state index >= 15 is 0 Å². The molecule has 1 N–H and O–H groups in total. The highest BCUT2D eigenvalue weighted by atomic mass is 16.4. The van der Waals surface area contributed by atoms with Gasteiger partial charge < -0.3 is 10.0 Å². The van der Waals surface area contributed by atoms with Gasteiger partial charge in [0.1, 0.15) is 6.54 Å². The molecule has 0 saturated heterocycles. The van der Waals surface area contributed by atoms with Crippen molar-refractivity contribution in [2.75, 3.05) is 13.1 Å². The Morgan fingerprint density at radius 3 is 2.17 bits per heavy atom. The van der Waals surface area contributed by atoms with Crippen LogP contribution in [-0.2, 0) is 11.2 Å². The minimum Gasteiger partial charge on any atom is -0.480 e. The van der Waals surface area contributed by atoms with Gasteiger partial charge in [-0.15, -0.1) is 0 Å². The molecule has 0 atom stereocenters. The van der Waals surface area contributed by atoms with Gasteiger partial charge in [0.05, 0.1) is 0 Å². The van der Waals surface area contributed by atoms with Gasteiger partial charge in [-0.3, -0.25) is 9.59 Å². The van der Waals surface area contributed by atoms with Gasteiger partial charge in [-0.05, 0) is 38.0 Å². The maximum absolute atomic E-state index is 12.7. The van der Waals surface area contributed by atoms with Crippen molar-refractivity contribution in [3.63, 3.8) is 0 Å². The zero-order valence-electron chi connectivity index (χ0n) is 13.5. The number of aryl methyl sites for hydroxylation is 2. The Hall–Kier alpha value is -2.62. The Kier molecular flexibility index (Phi) is 5.52. The summed E-state index contributed by atoms with van der Waals surface area (Å²) < 4.78 is 0. The minimum atomic E-state index is -1.00. The van der Waals surface area contributed by atoms with Gasteiger partial charge in [-0.1, -0.05) is 47.5 Å². The molecule has 0 fully saturated rings. The summed E-state index contributed by atoms with van der Waals surface area (Å²) >= 11 is 0. The van der Waals surface area contributed by atoms with E-state index < -0.39 is 5.97 Å². The Morgan fingerprint density at radius 1 is 1.00 bits per heavy atom. The summed E-state index contributed by atoms with van der Waals surface area (Å²) in [5.74, 6) is -1.24. The fraction of sp³-hybridized carbons (Fsp3) is 0.263. The Bertz CT molecular complexity index is 675. The maximum atomic E-state index is 12.7. The molecule has 0 aliphatic heterocycles. The van der Waals surface area contributed by atoms with Crippen LogP contribution in [0.4, 0.5) is 0 Å². The predicted octanol–water partition coefficient (Wildman–Crippen LogP) is 3.07. The lowest BCUT2D eigenvalue weighted by atomic mass is 10.1. The van der Waals surface area contributed by atoms with Gasteiger partial charge in [-0.25, -0.2) is 0 Å². The van der Waals surface area contributed by atoms with Crippen LogP contribution in [0, 0.1) is 13.8 Å². The number of benzene rings is 2. The van der Waals surface area contributed by atoms with Crippen LogP contribution in [-0.4, -0.2) is 35.0 Å². The van der Waals surface area contributed by atoms with E-state index in [0.717, 1.165) is 16.7 Å². The van der Waals surface area contributed by atoms with E-state index in [0.29, 0.717) is 18.5 Å². The lowest BCUT2D eigenvalue weighted by Crippen LogP contribution is -2.37. The number of carboxylic acid groups (broad SMARTS) is 1. The molecule has 4 nitrogen and oxygen atoms in total. The van der Waals surface area contributed by atoms with Crippen molar-refractivity contribution in [1.29, 1.82) is 0 Å². The molecule has 0 unspecified atom stereocenters. The Balaban J connectivity index is 2.16. The number of amides is 1. The minimum absolute atomic E-state index is 0.241. The van der Waals surface area contributed by atoms with Crippen molar-refractivity contribution >= 4 is 11.9 Å². The monoisotopic (exact) mass is 311 g/mol. The number of rotatable bonds is 6. The molecule has 2 aromatic carbocycles. The molecule has 4 heteroatoms. The second-order valence-corrected chi connectivity index (χ2v) is 5.73. The standard InChI is InChI=1S/C19H21NO3/c1-14-10-15(2)12-17(11-14)19(23)20(13-18(21)22)9-8-16-6-4-3-5-7-16/h3-7,10-12H,8-9,13H2,1-2H3,(H,21,22). The van der Waals surface area contributed by atoms with Crippen LogP contribution in [0.15, 0.2) is 48.5 Å². The first-order valence-corrected chi connectivity index (χ1v) is 7.59. The van der Waals surface area contributed by atoms with Crippen LogP contribution < -0.4 is 0 Å². The summed E-state index contributed by atoms with van der Waals surface area (Å²) in [6.07, 6.45) is 0.630. The van der Waals surface area contributed by atoms with Crippen molar-refractivity contribution in [2.45, 2.75) is 20.3 Å². The summed E-state index contributed by atoms with van der Waals surface area (Å²) in [5, 5.41) is 9.09. The van der Waals surface area contributed by atoms with Crippen LogP contribution in [0.25, 0.3) is 0 Å². The number of aliphatic carboxylic acids is 1. The Morgan fingerprint density at radius 2 is 1.61 bits per heavy atom. The molecule has 0 aliphatic carbocycles. The highest BCUT2D eigenvalue weighted by Crippen LogP contribution is 2.12. The molecule has 0 aromatic heterocycles. The number of carbonyl (C=O) groups is 2. The molecule has 0 radical (unpaired) electrons. The van der Waals surface area contributed by atoms with Gasteiger partial charge in [0, 0.05) is 12.1 Å². The first-order chi connectivity index (χ1) is 11.0. The zero-order chi connectivity index (χ0) is 16.8. The average molecular weight is 311 g/mol. The van der Waals surface area contributed by atoms with Gasteiger partial charge in [0.15, 0.2) is 0 Å². The number of hydrogen-bond acceptors (Lipinski definition) is 2. The van der Waals surface area contributed by atoms with Crippen LogP contribution in [0.2, 0.25) is 0 Å². The third-order valence-electron chi connectivity index (χ3n) is 3.60. The molecule has 0 spiro atoms. The van der Waals surface area contributed by atoms with Crippen molar-refractivity contribution in [3.8, 4) is 0 Å². The van der Waals surface area contributed by atoms with Gasteiger partial charge in [-0.2, -0.15) is 0 Å². The molecule has 0 saturated carbocycles. The second kappa shape index (κ2) is 7.58. The van der Waals surface area contributed by atoms with Crippen LogP contribution in [0.3, 0.4) is 0 Å². The lowest BCUT2D eigenvalue weighted by Gasteiger charge is -2.21. The average Bonchev–Trinajstić information content (AvgIpc) is 2.50. The maximum Gasteiger partial charge on any atom is 0.323 e. The first kappa shape index (κ1) is 16.7.